The molecule has 0 amide bonds. The first-order valence-electron chi connectivity index (χ1n) is 13.0. The fourth-order valence-corrected chi connectivity index (χ4v) is 3.76. The van der Waals surface area contributed by atoms with Crippen molar-refractivity contribution in [2.45, 2.75) is 51.8 Å². The van der Waals surface area contributed by atoms with Crippen LogP contribution in [0.1, 0.15) is 53.5 Å². The third-order valence-corrected chi connectivity index (χ3v) is 6.60. The minimum absolute atomic E-state index is 0.0443. The molecule has 1 saturated heterocycles. The summed E-state index contributed by atoms with van der Waals surface area (Å²) in [5.74, 6) is 6.01. The minimum Gasteiger partial charge on any atom is -0.485 e. The number of rotatable bonds is 6. The van der Waals surface area contributed by atoms with Gasteiger partial charge >= 0.3 is 0 Å². The fourth-order valence-electron chi connectivity index (χ4n) is 3.76. The molecule has 1 atom stereocenters. The van der Waals surface area contributed by atoms with Gasteiger partial charge in [0, 0.05) is 29.1 Å². The van der Waals surface area contributed by atoms with Crippen LogP contribution >= 0.6 is 0 Å². The highest BCUT2D eigenvalue weighted by atomic mass is 16.5. The third-order valence-electron chi connectivity index (χ3n) is 6.60. The lowest BCUT2D eigenvalue weighted by Crippen LogP contribution is -2.31. The molecule has 3 aromatic rings. The Hall–Kier alpha value is -3.34. The Morgan fingerprint density at radius 1 is 1.26 bits per heavy atom. The molecular formula is C28H35N5O2. The molecule has 4 rings (SSSR count). The highest BCUT2D eigenvalue weighted by Crippen LogP contribution is 2.29. The van der Waals surface area contributed by atoms with Gasteiger partial charge in [-0.05, 0) is 69.6 Å². The van der Waals surface area contributed by atoms with Crippen LogP contribution in [0.2, 0.25) is 0 Å². The lowest BCUT2D eigenvalue weighted by Gasteiger charge is -2.28. The van der Waals surface area contributed by atoms with Crippen molar-refractivity contribution in [1.82, 2.24) is 19.7 Å². The molecular weight excluding hydrogens is 438 g/mol. The largest absolute Gasteiger partial charge is 0.485 e. The highest BCUT2D eigenvalue weighted by molar-refractivity contribution is 5.65. The average molecular weight is 476 g/mol. The summed E-state index contributed by atoms with van der Waals surface area (Å²) in [5, 5.41) is 15.0. The molecule has 3 N–H and O–H groups in total. The van der Waals surface area contributed by atoms with Gasteiger partial charge in [0.05, 0.1) is 15.0 Å². The number of anilines is 1. The first-order chi connectivity index (χ1) is 17.4. The second-order valence-corrected chi connectivity index (χ2v) is 9.69. The quantitative estimate of drug-likeness (QED) is 0.521. The number of hydrogen-bond donors (Lipinski definition) is 2. The predicted octanol–water partition coefficient (Wildman–Crippen LogP) is 4.13. The number of nitrogens with zero attached hydrogens (tertiary/aromatic N) is 4. The third kappa shape index (κ3) is 6.21. The second-order valence-electron chi connectivity index (χ2n) is 9.69. The van der Waals surface area contributed by atoms with E-state index < -0.39 is 12.2 Å². The van der Waals surface area contributed by atoms with Crippen molar-refractivity contribution >= 4 is 5.82 Å². The number of aliphatic hydroxyl groups is 1. The summed E-state index contributed by atoms with van der Waals surface area (Å²) >= 11 is 0. The number of aromatic nitrogens is 3. The Balaban J connectivity index is 1.54. The van der Waals surface area contributed by atoms with Crippen molar-refractivity contribution in [2.24, 2.45) is 5.92 Å². The summed E-state index contributed by atoms with van der Waals surface area (Å²) in [5.41, 5.74) is 7.39. The number of benzene rings is 1. The van der Waals surface area contributed by atoms with Crippen LogP contribution in [0.4, 0.5) is 5.82 Å². The molecule has 1 unspecified atom stereocenters. The molecule has 0 spiro atoms. The number of likely N-dealkylation sites (tertiary alicyclic amines) is 1. The molecule has 1 fully saturated rings. The van der Waals surface area contributed by atoms with Gasteiger partial charge in [0.15, 0.2) is 11.6 Å². The topological polar surface area (TPSA) is 89.4 Å². The molecule has 7 nitrogen and oxygen atoms in total. The molecule has 184 valence electrons. The summed E-state index contributed by atoms with van der Waals surface area (Å²) in [7, 11) is 2.13. The Morgan fingerprint density at radius 3 is 2.77 bits per heavy atom. The van der Waals surface area contributed by atoms with E-state index in [0.717, 1.165) is 37.1 Å². The van der Waals surface area contributed by atoms with Crippen LogP contribution in [0.15, 0.2) is 48.9 Å². The standard InChI is InChI=1S/C28H35N5O2/c1-20(2)28(3,34)11-8-21-6-5-7-22(14-21)19-35-26-15-23(16-30-27(26)29)24-17-31-33(18-24)25-9-12-32(4)13-10-25/h5-7,14-18,20,25,34H,9-10,12-13,19H2,1-4H3,(H2,29,30)/i19D2. The maximum atomic E-state index is 10.4. The van der Waals surface area contributed by atoms with Gasteiger partial charge in [-0.2, -0.15) is 5.10 Å². The van der Waals surface area contributed by atoms with Crippen molar-refractivity contribution in [3.8, 4) is 28.7 Å². The van der Waals surface area contributed by atoms with E-state index in [9.17, 15) is 5.11 Å². The summed E-state index contributed by atoms with van der Waals surface area (Å²) in [4.78, 5) is 6.57. The number of nitrogens with two attached hydrogens (primary N) is 1. The van der Waals surface area contributed by atoms with Crippen LogP contribution in [0.5, 0.6) is 5.75 Å². The Kier molecular flexibility index (Phi) is 6.65. The molecule has 3 heterocycles. The molecule has 2 aromatic heterocycles. The van der Waals surface area contributed by atoms with E-state index in [1.54, 1.807) is 49.6 Å². The summed E-state index contributed by atoms with van der Waals surface area (Å²) in [6.07, 6.45) is 7.52. The molecule has 0 radical (unpaired) electrons. The van der Waals surface area contributed by atoms with E-state index in [-0.39, 0.29) is 23.0 Å². The maximum Gasteiger partial charge on any atom is 0.166 e. The first kappa shape index (κ1) is 22.1. The van der Waals surface area contributed by atoms with Gasteiger partial charge in [-0.3, -0.25) is 4.68 Å². The Morgan fingerprint density at radius 2 is 2.03 bits per heavy atom. The monoisotopic (exact) mass is 475 g/mol. The van der Waals surface area contributed by atoms with E-state index in [2.05, 4.69) is 33.9 Å². The van der Waals surface area contributed by atoms with Crippen LogP contribution in [-0.4, -0.2) is 50.5 Å². The van der Waals surface area contributed by atoms with Gasteiger partial charge in [-0.25, -0.2) is 4.98 Å². The van der Waals surface area contributed by atoms with Crippen molar-refractivity contribution in [2.75, 3.05) is 25.9 Å². The Bertz CT molecular complexity index is 1300. The summed E-state index contributed by atoms with van der Waals surface area (Å²) < 4.78 is 25.0. The number of piperidine rings is 1. The van der Waals surface area contributed by atoms with Crippen molar-refractivity contribution in [3.63, 3.8) is 0 Å². The highest BCUT2D eigenvalue weighted by Gasteiger charge is 2.21. The van der Waals surface area contributed by atoms with Gasteiger partial charge in [0.25, 0.3) is 0 Å². The van der Waals surface area contributed by atoms with Crippen molar-refractivity contribution in [1.29, 1.82) is 0 Å². The van der Waals surface area contributed by atoms with E-state index in [1.165, 1.54) is 0 Å². The zero-order chi connectivity index (χ0) is 26.8. The second kappa shape index (κ2) is 10.5. The SMILES string of the molecule is [2H]C([2H])(Oc1cc(-c2cnn(C3CCN(C)CC3)c2)cnc1N)c1cccc(C#CC(C)(O)C(C)C)c1. The lowest BCUT2D eigenvalue weighted by molar-refractivity contribution is 0.0726. The minimum atomic E-state index is -2.19. The van der Waals surface area contributed by atoms with Gasteiger partial charge in [-0.1, -0.05) is 37.8 Å². The number of pyridine rings is 1. The van der Waals surface area contributed by atoms with Crippen LogP contribution in [0.25, 0.3) is 11.1 Å². The van der Waals surface area contributed by atoms with E-state index in [4.69, 9.17) is 13.2 Å². The van der Waals surface area contributed by atoms with Crippen LogP contribution in [0, 0.1) is 17.8 Å². The zero-order valence-corrected chi connectivity index (χ0v) is 20.8. The smallest absolute Gasteiger partial charge is 0.166 e. The molecule has 0 saturated carbocycles. The predicted molar refractivity (Wildman–Crippen MR) is 139 cm³/mol. The van der Waals surface area contributed by atoms with Gasteiger partial charge in [0.1, 0.15) is 12.2 Å². The molecule has 7 heteroatoms. The molecule has 1 aliphatic heterocycles. The fraction of sp³-hybridized carbons (Fsp3) is 0.429. The molecule has 1 aliphatic rings. The maximum absolute atomic E-state index is 10.4. The lowest BCUT2D eigenvalue weighted by atomic mass is 9.93. The Labute approximate surface area is 210 Å². The summed E-state index contributed by atoms with van der Waals surface area (Å²) in [6, 6.07) is 8.77. The van der Waals surface area contributed by atoms with E-state index in [0.29, 0.717) is 11.6 Å². The first-order valence-corrected chi connectivity index (χ1v) is 12.0. The van der Waals surface area contributed by atoms with Crippen molar-refractivity contribution < 1.29 is 12.6 Å². The van der Waals surface area contributed by atoms with E-state index >= 15 is 0 Å². The molecule has 1 aromatic carbocycles. The van der Waals surface area contributed by atoms with Gasteiger partial charge < -0.3 is 20.5 Å². The number of hydrogen-bond acceptors (Lipinski definition) is 6. The molecule has 0 bridgehead atoms. The van der Waals surface area contributed by atoms with Crippen LogP contribution < -0.4 is 10.5 Å². The average Bonchev–Trinajstić information content (AvgIpc) is 3.35. The van der Waals surface area contributed by atoms with Crippen molar-refractivity contribution in [3.05, 3.63) is 60.0 Å². The molecule has 0 aliphatic carbocycles. The number of ether oxygens (including phenoxy) is 1. The van der Waals surface area contributed by atoms with Gasteiger partial charge in [-0.15, -0.1) is 0 Å². The molecule has 35 heavy (non-hydrogen) atoms. The van der Waals surface area contributed by atoms with Crippen LogP contribution in [-0.2, 0) is 6.56 Å². The normalized spacial score (nSPS) is 17.8. The number of nitrogen functional groups attached to an aromatic ring is 1. The van der Waals surface area contributed by atoms with E-state index in [1.807, 2.05) is 24.7 Å². The summed E-state index contributed by atoms with van der Waals surface area (Å²) in [6.45, 7) is 5.34. The van der Waals surface area contributed by atoms with Gasteiger partial charge in [0.2, 0.25) is 0 Å². The van der Waals surface area contributed by atoms with Crippen LogP contribution in [0.3, 0.4) is 0 Å². The zero-order valence-electron chi connectivity index (χ0n) is 22.8.